The smallest absolute Gasteiger partial charge is 0.162 e. The largest absolute Gasteiger partial charge is 0.376 e. The monoisotopic (exact) mass is 325 g/mol. The quantitative estimate of drug-likeness (QED) is 0.775. The summed E-state index contributed by atoms with van der Waals surface area (Å²) in [6.07, 6.45) is 2.50. The van der Waals surface area contributed by atoms with Crippen molar-refractivity contribution in [2.75, 3.05) is 11.9 Å². The molecule has 3 heterocycles. The van der Waals surface area contributed by atoms with E-state index >= 15 is 0 Å². The van der Waals surface area contributed by atoms with Gasteiger partial charge in [-0.3, -0.25) is 0 Å². The number of rotatable bonds is 4. The van der Waals surface area contributed by atoms with Gasteiger partial charge in [0.1, 0.15) is 5.82 Å². The Balaban J connectivity index is 1.74. The number of thiophene rings is 1. The summed E-state index contributed by atoms with van der Waals surface area (Å²) in [4.78, 5) is 9.49. The molecule has 1 fully saturated rings. The summed E-state index contributed by atoms with van der Waals surface area (Å²) in [5, 5.41) is 8.74. The van der Waals surface area contributed by atoms with Crippen molar-refractivity contribution < 1.29 is 4.74 Å². The maximum Gasteiger partial charge on any atom is 0.162 e. The van der Waals surface area contributed by atoms with Crippen LogP contribution >= 0.6 is 11.3 Å². The van der Waals surface area contributed by atoms with Gasteiger partial charge in [0.05, 0.1) is 17.7 Å². The van der Waals surface area contributed by atoms with Crippen LogP contribution in [0.1, 0.15) is 19.8 Å². The van der Waals surface area contributed by atoms with Gasteiger partial charge in [-0.15, -0.1) is 0 Å². The summed E-state index contributed by atoms with van der Waals surface area (Å²) >= 11 is 1.66. The van der Waals surface area contributed by atoms with Gasteiger partial charge in [-0.1, -0.05) is 12.1 Å². The van der Waals surface area contributed by atoms with Crippen LogP contribution in [0.3, 0.4) is 0 Å². The van der Waals surface area contributed by atoms with Gasteiger partial charge in [0.2, 0.25) is 0 Å². The lowest BCUT2D eigenvalue weighted by molar-refractivity contribution is 0.0996. The molecule has 4 rings (SSSR count). The highest BCUT2D eigenvalue weighted by Gasteiger charge is 2.23. The number of aromatic nitrogens is 2. The number of anilines is 1. The minimum atomic E-state index is 0.228. The predicted octanol–water partition coefficient (Wildman–Crippen LogP) is 4.34. The van der Waals surface area contributed by atoms with Gasteiger partial charge in [-0.05, 0) is 43.3 Å². The number of para-hydroxylation sites is 1. The number of nitrogens with zero attached hydrogens (tertiary/aromatic N) is 2. The fraction of sp³-hybridized carbons (Fsp3) is 0.333. The summed E-state index contributed by atoms with van der Waals surface area (Å²) in [5.74, 6) is 1.66. The lowest BCUT2D eigenvalue weighted by atomic mass is 10.1. The molecule has 0 spiro atoms. The highest BCUT2D eigenvalue weighted by Crippen LogP contribution is 2.27. The second kappa shape index (κ2) is 6.26. The molecule has 23 heavy (non-hydrogen) atoms. The summed E-state index contributed by atoms with van der Waals surface area (Å²) in [6, 6.07) is 10.4. The minimum Gasteiger partial charge on any atom is -0.376 e. The van der Waals surface area contributed by atoms with Crippen LogP contribution in [0.2, 0.25) is 0 Å². The first-order valence-electron chi connectivity index (χ1n) is 7.99. The van der Waals surface area contributed by atoms with E-state index in [1.165, 1.54) is 0 Å². The number of hydrogen-bond donors (Lipinski definition) is 1. The lowest BCUT2D eigenvalue weighted by Gasteiger charge is -2.21. The number of hydrogen-bond acceptors (Lipinski definition) is 5. The number of fused-ring (bicyclic) bond motifs is 1. The van der Waals surface area contributed by atoms with Crippen LogP contribution in [-0.4, -0.2) is 28.7 Å². The van der Waals surface area contributed by atoms with E-state index < -0.39 is 0 Å². The molecule has 5 heteroatoms. The van der Waals surface area contributed by atoms with Crippen LogP contribution in [0, 0.1) is 0 Å². The second-order valence-corrected chi connectivity index (χ2v) is 6.69. The summed E-state index contributed by atoms with van der Waals surface area (Å²) in [5.41, 5.74) is 2.03. The average molecular weight is 325 g/mol. The third-order valence-electron chi connectivity index (χ3n) is 4.27. The third-order valence-corrected chi connectivity index (χ3v) is 4.95. The van der Waals surface area contributed by atoms with Gasteiger partial charge in [0, 0.05) is 22.9 Å². The van der Waals surface area contributed by atoms with Gasteiger partial charge >= 0.3 is 0 Å². The van der Waals surface area contributed by atoms with E-state index in [1.807, 2.05) is 18.2 Å². The molecule has 1 saturated heterocycles. The third kappa shape index (κ3) is 2.94. The Morgan fingerprint density at radius 1 is 1.26 bits per heavy atom. The second-order valence-electron chi connectivity index (χ2n) is 5.91. The zero-order valence-corrected chi connectivity index (χ0v) is 13.8. The molecule has 3 aromatic rings. The highest BCUT2D eigenvalue weighted by atomic mass is 32.1. The van der Waals surface area contributed by atoms with Crippen LogP contribution in [-0.2, 0) is 4.74 Å². The first kappa shape index (κ1) is 14.6. The molecule has 1 N–H and O–H groups in total. The van der Waals surface area contributed by atoms with E-state index in [0.29, 0.717) is 0 Å². The molecule has 1 aliphatic heterocycles. The summed E-state index contributed by atoms with van der Waals surface area (Å²) < 4.78 is 5.80. The van der Waals surface area contributed by atoms with Crippen LogP contribution in [0.15, 0.2) is 41.1 Å². The molecule has 0 saturated carbocycles. The van der Waals surface area contributed by atoms with E-state index in [0.717, 1.165) is 47.6 Å². The molecule has 0 bridgehead atoms. The summed E-state index contributed by atoms with van der Waals surface area (Å²) in [7, 11) is 0. The number of nitrogens with one attached hydrogen (secondary N) is 1. The molecule has 2 aromatic heterocycles. The first-order valence-corrected chi connectivity index (χ1v) is 8.93. The number of ether oxygens (including phenoxy) is 1. The molecule has 1 aliphatic rings. The van der Waals surface area contributed by atoms with Crippen molar-refractivity contribution in [3.05, 3.63) is 41.1 Å². The highest BCUT2D eigenvalue weighted by molar-refractivity contribution is 7.08. The number of benzene rings is 1. The van der Waals surface area contributed by atoms with E-state index in [2.05, 4.69) is 35.1 Å². The first-order chi connectivity index (χ1) is 11.3. The normalized spacial score (nSPS) is 19.1. The Hall–Kier alpha value is -1.98. The van der Waals surface area contributed by atoms with E-state index in [1.54, 1.807) is 11.3 Å². The minimum absolute atomic E-state index is 0.228. The zero-order chi connectivity index (χ0) is 15.6. The lowest BCUT2D eigenvalue weighted by Crippen LogP contribution is -2.30. The van der Waals surface area contributed by atoms with Crippen LogP contribution < -0.4 is 5.32 Å². The van der Waals surface area contributed by atoms with Crippen molar-refractivity contribution in [3.63, 3.8) is 0 Å². The van der Waals surface area contributed by atoms with Crippen LogP contribution in [0.4, 0.5) is 5.82 Å². The fourth-order valence-corrected chi connectivity index (χ4v) is 3.65. The molecular weight excluding hydrogens is 306 g/mol. The van der Waals surface area contributed by atoms with Crippen molar-refractivity contribution >= 4 is 28.1 Å². The van der Waals surface area contributed by atoms with Gasteiger partial charge < -0.3 is 10.1 Å². The zero-order valence-electron chi connectivity index (χ0n) is 13.0. The maximum atomic E-state index is 5.80. The van der Waals surface area contributed by atoms with E-state index in [9.17, 15) is 0 Å². The molecule has 0 radical (unpaired) electrons. The Labute approximate surface area is 139 Å². The van der Waals surface area contributed by atoms with Crippen molar-refractivity contribution in [1.82, 2.24) is 9.97 Å². The van der Waals surface area contributed by atoms with Gasteiger partial charge in [0.25, 0.3) is 0 Å². The fourth-order valence-electron chi connectivity index (χ4n) is 3.01. The Morgan fingerprint density at radius 3 is 2.96 bits per heavy atom. The molecule has 0 unspecified atom stereocenters. The Bertz CT molecular complexity index is 797. The average Bonchev–Trinajstić information content (AvgIpc) is 3.28. The standard InChI is InChI=1S/C18H19N3OS/c1-12(16-7-4-9-22-16)19-18-14-5-2-3-6-15(14)20-17(21-18)13-8-10-23-11-13/h2-3,5-6,8,10-12,16H,4,7,9H2,1H3,(H,19,20,21)/t12-,16-/m0/s1. The maximum absolute atomic E-state index is 5.80. The van der Waals surface area contributed by atoms with Gasteiger partial charge in [-0.2, -0.15) is 11.3 Å². The molecule has 118 valence electrons. The van der Waals surface area contributed by atoms with Crippen molar-refractivity contribution in [1.29, 1.82) is 0 Å². The molecule has 0 aliphatic carbocycles. The van der Waals surface area contributed by atoms with E-state index in [4.69, 9.17) is 14.7 Å². The molecule has 4 nitrogen and oxygen atoms in total. The summed E-state index contributed by atoms with van der Waals surface area (Å²) in [6.45, 7) is 3.03. The Morgan fingerprint density at radius 2 is 2.17 bits per heavy atom. The van der Waals surface area contributed by atoms with Gasteiger partial charge in [0.15, 0.2) is 5.82 Å². The van der Waals surface area contributed by atoms with Crippen LogP contribution in [0.5, 0.6) is 0 Å². The van der Waals surface area contributed by atoms with E-state index in [-0.39, 0.29) is 12.1 Å². The molecule has 2 atom stereocenters. The van der Waals surface area contributed by atoms with Crippen LogP contribution in [0.25, 0.3) is 22.3 Å². The van der Waals surface area contributed by atoms with Gasteiger partial charge in [-0.25, -0.2) is 9.97 Å². The molecule has 0 amide bonds. The van der Waals surface area contributed by atoms with Crippen molar-refractivity contribution in [2.24, 2.45) is 0 Å². The topological polar surface area (TPSA) is 47.0 Å². The Kier molecular flexibility index (Phi) is 3.97. The van der Waals surface area contributed by atoms with Crippen molar-refractivity contribution in [2.45, 2.75) is 31.9 Å². The molecular formula is C18H19N3OS. The SMILES string of the molecule is C[C@H](Nc1nc(-c2ccsc2)nc2ccccc12)[C@@H]1CCCO1. The molecule has 1 aromatic carbocycles. The predicted molar refractivity (Wildman–Crippen MR) is 94.9 cm³/mol. The van der Waals surface area contributed by atoms with Crippen molar-refractivity contribution in [3.8, 4) is 11.4 Å².